The van der Waals surface area contributed by atoms with Crippen LogP contribution in [0.5, 0.6) is 0 Å². The summed E-state index contributed by atoms with van der Waals surface area (Å²) in [6.45, 7) is 0.751. The van der Waals surface area contributed by atoms with Gasteiger partial charge in [-0.15, -0.1) is 0 Å². The van der Waals surface area contributed by atoms with Crippen LogP contribution in [-0.4, -0.2) is 9.55 Å². The molecule has 1 N–H and O–H groups in total. The van der Waals surface area contributed by atoms with Gasteiger partial charge in [0.05, 0.1) is 6.04 Å². The van der Waals surface area contributed by atoms with Gasteiger partial charge >= 0.3 is 0 Å². The molecule has 0 aliphatic carbocycles. The SMILES string of the molecule is Cn1ccnc1C(NCc1cccc2ccccc12)c1ccc(Cl)cc1. The normalized spacial score (nSPS) is 12.4. The number of aromatic nitrogens is 2. The number of imidazole rings is 1. The quantitative estimate of drug-likeness (QED) is 0.535. The van der Waals surface area contributed by atoms with Crippen LogP contribution in [0.15, 0.2) is 79.1 Å². The lowest BCUT2D eigenvalue weighted by Crippen LogP contribution is -2.24. The first-order valence-corrected chi connectivity index (χ1v) is 9.03. The van der Waals surface area contributed by atoms with Gasteiger partial charge < -0.3 is 4.57 Å². The second-order valence-corrected chi connectivity index (χ2v) is 6.84. The molecule has 3 nitrogen and oxygen atoms in total. The molecule has 1 atom stereocenters. The van der Waals surface area contributed by atoms with Gasteiger partial charge in [0.2, 0.25) is 0 Å². The molecule has 3 aromatic carbocycles. The van der Waals surface area contributed by atoms with Gasteiger partial charge in [0.25, 0.3) is 0 Å². The molecule has 0 saturated heterocycles. The van der Waals surface area contributed by atoms with E-state index >= 15 is 0 Å². The molecule has 1 aromatic heterocycles. The lowest BCUT2D eigenvalue weighted by atomic mass is 10.0. The Bertz CT molecular complexity index is 1020. The van der Waals surface area contributed by atoms with Gasteiger partial charge in [-0.1, -0.05) is 66.2 Å². The molecule has 0 spiro atoms. The van der Waals surface area contributed by atoms with Crippen LogP contribution in [0.25, 0.3) is 10.8 Å². The van der Waals surface area contributed by atoms with Crippen LogP contribution in [0.2, 0.25) is 5.02 Å². The molecular weight excluding hydrogens is 342 g/mol. The highest BCUT2D eigenvalue weighted by molar-refractivity contribution is 6.30. The number of fused-ring (bicyclic) bond motifs is 1. The van der Waals surface area contributed by atoms with Crippen LogP contribution < -0.4 is 5.32 Å². The fourth-order valence-electron chi connectivity index (χ4n) is 3.33. The summed E-state index contributed by atoms with van der Waals surface area (Å²) in [4.78, 5) is 4.56. The second-order valence-electron chi connectivity index (χ2n) is 6.40. The van der Waals surface area contributed by atoms with Crippen LogP contribution in [0.1, 0.15) is 23.0 Å². The molecule has 0 fully saturated rings. The summed E-state index contributed by atoms with van der Waals surface area (Å²) in [6.07, 6.45) is 3.80. The van der Waals surface area contributed by atoms with Gasteiger partial charge in [0, 0.05) is 31.0 Å². The fraction of sp³-hybridized carbons (Fsp3) is 0.136. The van der Waals surface area contributed by atoms with Crippen LogP contribution in [0.3, 0.4) is 0 Å². The summed E-state index contributed by atoms with van der Waals surface area (Å²) >= 11 is 6.07. The number of halogens is 1. The topological polar surface area (TPSA) is 29.9 Å². The molecular formula is C22H20ClN3. The molecule has 0 aliphatic rings. The maximum Gasteiger partial charge on any atom is 0.130 e. The van der Waals surface area contributed by atoms with E-state index in [1.807, 2.05) is 31.6 Å². The Morgan fingerprint density at radius 3 is 2.54 bits per heavy atom. The van der Waals surface area contributed by atoms with E-state index in [0.717, 1.165) is 23.0 Å². The van der Waals surface area contributed by atoms with Crippen LogP contribution in [0.4, 0.5) is 0 Å². The Morgan fingerprint density at radius 1 is 1.00 bits per heavy atom. The minimum absolute atomic E-state index is 0.00812. The molecule has 4 rings (SSSR count). The molecule has 0 saturated carbocycles. The Balaban J connectivity index is 1.67. The molecule has 0 aliphatic heterocycles. The predicted octanol–water partition coefficient (Wildman–Crippen LogP) is 5.11. The number of benzene rings is 3. The van der Waals surface area contributed by atoms with Gasteiger partial charge in [-0.3, -0.25) is 5.32 Å². The van der Waals surface area contributed by atoms with E-state index in [2.05, 4.69) is 69.5 Å². The molecule has 1 unspecified atom stereocenters. The van der Waals surface area contributed by atoms with Crippen molar-refractivity contribution >= 4 is 22.4 Å². The summed E-state index contributed by atoms with van der Waals surface area (Å²) in [5.41, 5.74) is 2.42. The molecule has 0 amide bonds. The first-order valence-electron chi connectivity index (χ1n) is 8.65. The number of nitrogens with one attached hydrogen (secondary N) is 1. The van der Waals surface area contributed by atoms with E-state index in [1.54, 1.807) is 0 Å². The Labute approximate surface area is 158 Å². The standard InChI is InChI=1S/C22H20ClN3/c1-26-14-13-24-22(26)21(17-9-11-19(23)12-10-17)25-15-18-7-4-6-16-5-2-3-8-20(16)18/h2-14,21,25H,15H2,1H3. The van der Waals surface area contributed by atoms with E-state index < -0.39 is 0 Å². The Morgan fingerprint density at radius 2 is 1.77 bits per heavy atom. The van der Waals surface area contributed by atoms with Crippen molar-refractivity contribution < 1.29 is 0 Å². The van der Waals surface area contributed by atoms with Crippen LogP contribution >= 0.6 is 11.6 Å². The average molecular weight is 362 g/mol. The summed E-state index contributed by atoms with van der Waals surface area (Å²) in [5, 5.41) is 6.95. The van der Waals surface area contributed by atoms with Crippen molar-refractivity contribution in [3.05, 3.63) is 101 Å². The van der Waals surface area contributed by atoms with Crippen molar-refractivity contribution in [2.45, 2.75) is 12.6 Å². The predicted molar refractivity (Wildman–Crippen MR) is 107 cm³/mol. The monoisotopic (exact) mass is 361 g/mol. The summed E-state index contributed by atoms with van der Waals surface area (Å²) in [5.74, 6) is 0.979. The van der Waals surface area contributed by atoms with Gasteiger partial charge in [-0.2, -0.15) is 0 Å². The second kappa shape index (κ2) is 7.32. The molecule has 26 heavy (non-hydrogen) atoms. The molecule has 130 valence electrons. The lowest BCUT2D eigenvalue weighted by molar-refractivity contribution is 0.559. The number of hydrogen-bond acceptors (Lipinski definition) is 2. The smallest absolute Gasteiger partial charge is 0.130 e. The highest BCUT2D eigenvalue weighted by atomic mass is 35.5. The van der Waals surface area contributed by atoms with E-state index in [0.29, 0.717) is 0 Å². The van der Waals surface area contributed by atoms with Gasteiger partial charge in [-0.25, -0.2) is 4.98 Å². The third-order valence-corrected chi connectivity index (χ3v) is 4.95. The maximum atomic E-state index is 6.07. The summed E-state index contributed by atoms with van der Waals surface area (Å²) in [6, 6.07) is 22.8. The van der Waals surface area contributed by atoms with Crippen molar-refractivity contribution in [1.29, 1.82) is 0 Å². The molecule has 4 aromatic rings. The maximum absolute atomic E-state index is 6.07. The van der Waals surface area contributed by atoms with E-state index in [1.165, 1.54) is 16.3 Å². The largest absolute Gasteiger partial charge is 0.336 e. The molecule has 4 heteroatoms. The van der Waals surface area contributed by atoms with Crippen LogP contribution in [-0.2, 0) is 13.6 Å². The van der Waals surface area contributed by atoms with Crippen molar-refractivity contribution in [3.8, 4) is 0 Å². The van der Waals surface area contributed by atoms with Gasteiger partial charge in [0.1, 0.15) is 5.82 Å². The van der Waals surface area contributed by atoms with Gasteiger partial charge in [-0.05, 0) is 34.0 Å². The zero-order valence-electron chi connectivity index (χ0n) is 14.6. The zero-order valence-corrected chi connectivity index (χ0v) is 15.3. The van der Waals surface area contributed by atoms with Crippen molar-refractivity contribution in [2.24, 2.45) is 7.05 Å². The number of hydrogen-bond donors (Lipinski definition) is 1. The fourth-order valence-corrected chi connectivity index (χ4v) is 3.45. The Hall–Kier alpha value is -2.62. The molecule has 0 bridgehead atoms. The van der Waals surface area contributed by atoms with E-state index in [-0.39, 0.29) is 6.04 Å². The molecule has 0 radical (unpaired) electrons. The van der Waals surface area contributed by atoms with E-state index in [4.69, 9.17) is 11.6 Å². The lowest BCUT2D eigenvalue weighted by Gasteiger charge is -2.20. The van der Waals surface area contributed by atoms with Crippen molar-refractivity contribution in [1.82, 2.24) is 14.9 Å². The summed E-state index contributed by atoms with van der Waals surface area (Å²) in [7, 11) is 2.02. The van der Waals surface area contributed by atoms with Crippen molar-refractivity contribution in [3.63, 3.8) is 0 Å². The number of nitrogens with zero attached hydrogens (tertiary/aromatic N) is 2. The highest BCUT2D eigenvalue weighted by Gasteiger charge is 2.18. The van der Waals surface area contributed by atoms with E-state index in [9.17, 15) is 0 Å². The van der Waals surface area contributed by atoms with Crippen molar-refractivity contribution in [2.75, 3.05) is 0 Å². The first-order chi connectivity index (χ1) is 12.7. The average Bonchev–Trinajstić information content (AvgIpc) is 3.09. The third kappa shape index (κ3) is 3.36. The zero-order chi connectivity index (χ0) is 17.9. The Kier molecular flexibility index (Phi) is 4.74. The third-order valence-electron chi connectivity index (χ3n) is 4.70. The highest BCUT2D eigenvalue weighted by Crippen LogP contribution is 2.24. The number of rotatable bonds is 5. The minimum atomic E-state index is -0.00812. The summed E-state index contributed by atoms with van der Waals surface area (Å²) < 4.78 is 2.05. The first kappa shape index (κ1) is 16.8. The van der Waals surface area contributed by atoms with Gasteiger partial charge in [0.15, 0.2) is 0 Å². The van der Waals surface area contributed by atoms with Crippen LogP contribution in [0, 0.1) is 0 Å². The molecule has 1 heterocycles. The minimum Gasteiger partial charge on any atom is -0.336 e. The number of aryl methyl sites for hydroxylation is 1.